The molecule has 4 heteroatoms. The molecule has 0 aromatic carbocycles. The zero-order valence-corrected chi connectivity index (χ0v) is 10.1. The van der Waals surface area contributed by atoms with E-state index in [9.17, 15) is 9.90 Å². The first-order chi connectivity index (χ1) is 7.65. The minimum absolute atomic E-state index is 0.186. The first-order valence-electron chi connectivity index (χ1n) is 6.33. The fourth-order valence-electron chi connectivity index (χ4n) is 2.48. The average molecular weight is 226 g/mol. The summed E-state index contributed by atoms with van der Waals surface area (Å²) in [5.41, 5.74) is 0. The van der Waals surface area contributed by atoms with Gasteiger partial charge in [0.25, 0.3) is 0 Å². The standard InChI is InChI=1S/C12H22N2O2/c1-10-2-5-13(6-3-10)9-12(16)14-7-4-11(15)8-14/h10-11,15H,2-9H2,1H3/t11-/m1/s1. The monoisotopic (exact) mass is 226 g/mol. The van der Waals surface area contributed by atoms with Crippen LogP contribution in [-0.4, -0.2) is 59.6 Å². The average Bonchev–Trinajstić information content (AvgIpc) is 2.68. The Labute approximate surface area is 97.2 Å². The fraction of sp³-hybridized carbons (Fsp3) is 0.917. The van der Waals surface area contributed by atoms with Crippen molar-refractivity contribution in [2.24, 2.45) is 5.92 Å². The minimum Gasteiger partial charge on any atom is -0.391 e. The number of hydrogen-bond donors (Lipinski definition) is 1. The van der Waals surface area contributed by atoms with Crippen LogP contribution in [-0.2, 0) is 4.79 Å². The normalized spacial score (nSPS) is 28.6. The van der Waals surface area contributed by atoms with Crippen molar-refractivity contribution in [3.8, 4) is 0 Å². The first kappa shape index (κ1) is 11.9. The van der Waals surface area contributed by atoms with Crippen molar-refractivity contribution in [1.29, 1.82) is 0 Å². The summed E-state index contributed by atoms with van der Waals surface area (Å²) in [4.78, 5) is 16.0. The van der Waals surface area contributed by atoms with Crippen LogP contribution >= 0.6 is 0 Å². The van der Waals surface area contributed by atoms with Gasteiger partial charge in [0.05, 0.1) is 12.6 Å². The molecular formula is C12H22N2O2. The van der Waals surface area contributed by atoms with Crippen LogP contribution in [0.15, 0.2) is 0 Å². The number of likely N-dealkylation sites (tertiary alicyclic amines) is 2. The van der Waals surface area contributed by atoms with Gasteiger partial charge < -0.3 is 10.0 Å². The van der Waals surface area contributed by atoms with E-state index in [0.717, 1.165) is 32.0 Å². The number of aliphatic hydroxyl groups is 1. The first-order valence-corrected chi connectivity index (χ1v) is 6.33. The Morgan fingerprint density at radius 2 is 1.94 bits per heavy atom. The quantitative estimate of drug-likeness (QED) is 0.737. The summed E-state index contributed by atoms with van der Waals surface area (Å²) < 4.78 is 0. The van der Waals surface area contributed by atoms with E-state index in [0.29, 0.717) is 13.1 Å². The molecule has 0 spiro atoms. The molecule has 16 heavy (non-hydrogen) atoms. The highest BCUT2D eigenvalue weighted by atomic mass is 16.3. The van der Waals surface area contributed by atoms with Crippen molar-refractivity contribution in [2.45, 2.75) is 32.3 Å². The van der Waals surface area contributed by atoms with Gasteiger partial charge in [0.2, 0.25) is 5.91 Å². The van der Waals surface area contributed by atoms with E-state index in [1.54, 1.807) is 4.90 Å². The summed E-state index contributed by atoms with van der Waals surface area (Å²) in [6.07, 6.45) is 2.85. The van der Waals surface area contributed by atoms with Crippen LogP contribution in [0, 0.1) is 5.92 Å². The zero-order valence-electron chi connectivity index (χ0n) is 10.1. The van der Waals surface area contributed by atoms with Gasteiger partial charge in [-0.15, -0.1) is 0 Å². The fourth-order valence-corrected chi connectivity index (χ4v) is 2.48. The smallest absolute Gasteiger partial charge is 0.236 e. The lowest BCUT2D eigenvalue weighted by Gasteiger charge is -2.30. The maximum absolute atomic E-state index is 11.9. The molecule has 0 aromatic heterocycles. The molecule has 0 aromatic rings. The maximum atomic E-state index is 11.9. The van der Waals surface area contributed by atoms with Gasteiger partial charge in [-0.2, -0.15) is 0 Å². The van der Waals surface area contributed by atoms with Crippen molar-refractivity contribution in [1.82, 2.24) is 9.80 Å². The van der Waals surface area contributed by atoms with Crippen LogP contribution in [0.5, 0.6) is 0 Å². The van der Waals surface area contributed by atoms with Crippen molar-refractivity contribution in [3.63, 3.8) is 0 Å². The Balaban J connectivity index is 1.75. The molecule has 0 aliphatic carbocycles. The van der Waals surface area contributed by atoms with Gasteiger partial charge >= 0.3 is 0 Å². The summed E-state index contributed by atoms with van der Waals surface area (Å²) in [5, 5.41) is 9.38. The molecule has 0 radical (unpaired) electrons. The number of carbonyl (C=O) groups is 1. The summed E-state index contributed by atoms with van der Waals surface area (Å²) in [6.45, 7) is 6.16. The molecule has 0 saturated carbocycles. The van der Waals surface area contributed by atoms with Gasteiger partial charge in [-0.3, -0.25) is 9.69 Å². The predicted molar refractivity (Wildman–Crippen MR) is 62.0 cm³/mol. The molecule has 1 N–H and O–H groups in total. The molecule has 0 unspecified atom stereocenters. The van der Waals surface area contributed by atoms with Crippen LogP contribution in [0.1, 0.15) is 26.2 Å². The van der Waals surface area contributed by atoms with Gasteiger partial charge in [-0.05, 0) is 38.3 Å². The summed E-state index contributed by atoms with van der Waals surface area (Å²) in [5.74, 6) is 0.992. The van der Waals surface area contributed by atoms with Crippen LogP contribution in [0.4, 0.5) is 0 Å². The van der Waals surface area contributed by atoms with E-state index in [2.05, 4.69) is 11.8 Å². The number of amides is 1. The highest BCUT2D eigenvalue weighted by Gasteiger charge is 2.26. The lowest BCUT2D eigenvalue weighted by molar-refractivity contribution is -0.132. The zero-order chi connectivity index (χ0) is 11.5. The second kappa shape index (κ2) is 5.15. The third-order valence-electron chi connectivity index (χ3n) is 3.75. The summed E-state index contributed by atoms with van der Waals surface area (Å²) in [7, 11) is 0. The topological polar surface area (TPSA) is 43.8 Å². The highest BCUT2D eigenvalue weighted by Crippen LogP contribution is 2.16. The Kier molecular flexibility index (Phi) is 3.82. The van der Waals surface area contributed by atoms with Gasteiger partial charge in [-0.25, -0.2) is 0 Å². The maximum Gasteiger partial charge on any atom is 0.236 e. The number of carbonyl (C=O) groups excluding carboxylic acids is 1. The lowest BCUT2D eigenvalue weighted by atomic mass is 9.99. The Morgan fingerprint density at radius 1 is 1.25 bits per heavy atom. The van der Waals surface area contributed by atoms with Crippen molar-refractivity contribution in [2.75, 3.05) is 32.7 Å². The highest BCUT2D eigenvalue weighted by molar-refractivity contribution is 5.78. The number of rotatable bonds is 2. The summed E-state index contributed by atoms with van der Waals surface area (Å²) >= 11 is 0. The lowest BCUT2D eigenvalue weighted by Crippen LogP contribution is -2.42. The molecular weight excluding hydrogens is 204 g/mol. The molecule has 2 aliphatic heterocycles. The number of aliphatic hydroxyl groups excluding tert-OH is 1. The molecule has 2 saturated heterocycles. The number of β-amino-alcohol motifs (C(OH)–C–C–N with tert-alkyl or cyclic N) is 1. The van der Waals surface area contributed by atoms with Crippen LogP contribution in [0.2, 0.25) is 0 Å². The molecule has 1 amide bonds. The SMILES string of the molecule is CC1CCN(CC(=O)N2CC[C@@H](O)C2)CC1. The van der Waals surface area contributed by atoms with Gasteiger partial charge in [0, 0.05) is 13.1 Å². The van der Waals surface area contributed by atoms with Gasteiger partial charge in [0.15, 0.2) is 0 Å². The number of piperidine rings is 1. The van der Waals surface area contributed by atoms with Crippen LogP contribution in [0.3, 0.4) is 0 Å². The summed E-state index contributed by atoms with van der Waals surface area (Å²) in [6, 6.07) is 0. The van der Waals surface area contributed by atoms with E-state index >= 15 is 0 Å². The molecule has 2 rings (SSSR count). The van der Waals surface area contributed by atoms with Crippen molar-refractivity contribution in [3.05, 3.63) is 0 Å². The van der Waals surface area contributed by atoms with E-state index in [1.807, 2.05) is 0 Å². The Morgan fingerprint density at radius 3 is 2.50 bits per heavy atom. The third-order valence-corrected chi connectivity index (χ3v) is 3.75. The van der Waals surface area contributed by atoms with Crippen LogP contribution < -0.4 is 0 Å². The van der Waals surface area contributed by atoms with Crippen molar-refractivity contribution >= 4 is 5.91 Å². The Hall–Kier alpha value is -0.610. The second-order valence-corrected chi connectivity index (χ2v) is 5.24. The van der Waals surface area contributed by atoms with E-state index < -0.39 is 0 Å². The van der Waals surface area contributed by atoms with Gasteiger partial charge in [0.1, 0.15) is 0 Å². The molecule has 2 heterocycles. The molecule has 2 fully saturated rings. The Bertz CT molecular complexity index is 249. The van der Waals surface area contributed by atoms with E-state index in [1.165, 1.54) is 12.8 Å². The van der Waals surface area contributed by atoms with Crippen LogP contribution in [0.25, 0.3) is 0 Å². The number of hydrogen-bond acceptors (Lipinski definition) is 3. The van der Waals surface area contributed by atoms with Gasteiger partial charge in [-0.1, -0.05) is 6.92 Å². The molecule has 4 nitrogen and oxygen atoms in total. The molecule has 0 bridgehead atoms. The third kappa shape index (κ3) is 2.95. The number of nitrogens with zero attached hydrogens (tertiary/aromatic N) is 2. The second-order valence-electron chi connectivity index (χ2n) is 5.24. The van der Waals surface area contributed by atoms with E-state index in [4.69, 9.17) is 0 Å². The molecule has 1 atom stereocenters. The predicted octanol–water partition coefficient (Wildman–Crippen LogP) is 0.311. The molecule has 2 aliphatic rings. The molecule has 92 valence electrons. The minimum atomic E-state index is -0.301. The van der Waals surface area contributed by atoms with Crippen molar-refractivity contribution < 1.29 is 9.90 Å². The van der Waals surface area contributed by atoms with E-state index in [-0.39, 0.29) is 12.0 Å². The largest absolute Gasteiger partial charge is 0.391 e.